The second kappa shape index (κ2) is 6.03. The molecule has 0 spiro atoms. The fraction of sp³-hybridized carbons (Fsp3) is 0.200. The van der Waals surface area contributed by atoms with Crippen LogP contribution < -0.4 is 10.2 Å². The van der Waals surface area contributed by atoms with Crippen LogP contribution in [0.1, 0.15) is 0 Å². The molecule has 3 aromatic heterocycles. The quantitative estimate of drug-likeness (QED) is 0.747. The van der Waals surface area contributed by atoms with Gasteiger partial charge in [0.1, 0.15) is 24.8 Å². The van der Waals surface area contributed by atoms with Crippen molar-refractivity contribution in [3.8, 4) is 5.82 Å². The third-order valence-corrected chi connectivity index (χ3v) is 3.82. The number of rotatable bonds is 4. The third kappa shape index (κ3) is 2.78. The highest BCUT2D eigenvalue weighted by Crippen LogP contribution is 2.24. The highest BCUT2D eigenvalue weighted by molar-refractivity contribution is 5.94. The minimum atomic E-state index is -0.0667. The normalized spacial score (nSPS) is 14.2. The van der Waals surface area contributed by atoms with Crippen LogP contribution in [0, 0.1) is 5.92 Å². The number of aromatic nitrogens is 6. The van der Waals surface area contributed by atoms with Gasteiger partial charge in [-0.2, -0.15) is 5.10 Å². The van der Waals surface area contributed by atoms with Crippen LogP contribution in [-0.2, 0) is 4.79 Å². The number of carbonyl (C=O) groups excluding carboxylic acids is 1. The molecular formula is C15H14N8O. The van der Waals surface area contributed by atoms with Gasteiger partial charge < -0.3 is 10.2 Å². The molecule has 1 saturated heterocycles. The Balaban J connectivity index is 1.39. The largest absolute Gasteiger partial charge is 0.355 e. The maximum atomic E-state index is 12.2. The second-order valence-corrected chi connectivity index (χ2v) is 5.40. The molecular weight excluding hydrogens is 308 g/mol. The Morgan fingerprint density at radius 2 is 1.88 bits per heavy atom. The molecule has 1 N–H and O–H groups in total. The maximum absolute atomic E-state index is 12.2. The van der Waals surface area contributed by atoms with Crippen LogP contribution >= 0.6 is 0 Å². The van der Waals surface area contributed by atoms with Crippen LogP contribution in [0.5, 0.6) is 0 Å². The van der Waals surface area contributed by atoms with Gasteiger partial charge in [-0.1, -0.05) is 0 Å². The first-order chi connectivity index (χ1) is 11.8. The Hall–Kier alpha value is -3.36. The molecule has 1 aliphatic heterocycles. The Kier molecular flexibility index (Phi) is 3.58. The molecule has 0 radical (unpaired) electrons. The standard InChI is InChI=1S/C15H14N8O/c24-15(21-12-1-3-16-4-2-12)11-6-22(7-11)13-5-14(19-9-18-13)23-10-17-8-20-23/h1-5,8-11H,6-7H2,(H,16,21,24). The molecule has 4 rings (SSSR count). The van der Waals surface area contributed by atoms with Crippen LogP contribution in [0.4, 0.5) is 11.5 Å². The molecule has 0 unspecified atom stereocenters. The van der Waals surface area contributed by atoms with Crippen molar-refractivity contribution in [3.63, 3.8) is 0 Å². The van der Waals surface area contributed by atoms with Gasteiger partial charge in [0.05, 0.1) is 5.92 Å². The van der Waals surface area contributed by atoms with Crippen molar-refractivity contribution in [1.29, 1.82) is 0 Å². The molecule has 0 atom stereocenters. The van der Waals surface area contributed by atoms with Crippen LogP contribution in [-0.4, -0.2) is 48.7 Å². The Morgan fingerprint density at radius 1 is 1.08 bits per heavy atom. The molecule has 0 saturated carbocycles. The number of pyridine rings is 1. The highest BCUT2D eigenvalue weighted by Gasteiger charge is 2.33. The first-order valence-corrected chi connectivity index (χ1v) is 7.42. The molecule has 9 nitrogen and oxygen atoms in total. The molecule has 120 valence electrons. The number of anilines is 2. The molecule has 0 bridgehead atoms. The van der Waals surface area contributed by atoms with E-state index in [0.29, 0.717) is 18.9 Å². The lowest BCUT2D eigenvalue weighted by atomic mass is 9.99. The summed E-state index contributed by atoms with van der Waals surface area (Å²) in [6.45, 7) is 1.23. The van der Waals surface area contributed by atoms with Gasteiger partial charge in [0.15, 0.2) is 5.82 Å². The molecule has 0 aliphatic carbocycles. The van der Waals surface area contributed by atoms with Crippen molar-refractivity contribution in [1.82, 2.24) is 29.7 Å². The number of hydrogen-bond acceptors (Lipinski definition) is 7. The summed E-state index contributed by atoms with van der Waals surface area (Å²) in [5.41, 5.74) is 0.754. The van der Waals surface area contributed by atoms with E-state index in [-0.39, 0.29) is 11.8 Å². The smallest absolute Gasteiger partial charge is 0.231 e. The summed E-state index contributed by atoms with van der Waals surface area (Å²) in [6.07, 6.45) is 7.80. The predicted octanol–water partition coefficient (Wildman–Crippen LogP) is 0.527. The highest BCUT2D eigenvalue weighted by atomic mass is 16.2. The second-order valence-electron chi connectivity index (χ2n) is 5.40. The number of amides is 1. The van der Waals surface area contributed by atoms with E-state index in [1.54, 1.807) is 35.5 Å². The van der Waals surface area contributed by atoms with Gasteiger partial charge in [-0.15, -0.1) is 0 Å². The average Bonchev–Trinajstić information content (AvgIpc) is 3.09. The Morgan fingerprint density at radius 3 is 2.62 bits per heavy atom. The van der Waals surface area contributed by atoms with Crippen molar-refractivity contribution < 1.29 is 4.79 Å². The van der Waals surface area contributed by atoms with Gasteiger partial charge in [-0.05, 0) is 12.1 Å². The lowest BCUT2D eigenvalue weighted by Gasteiger charge is -2.39. The van der Waals surface area contributed by atoms with E-state index < -0.39 is 0 Å². The van der Waals surface area contributed by atoms with Gasteiger partial charge in [0, 0.05) is 37.2 Å². The zero-order valence-corrected chi connectivity index (χ0v) is 12.6. The fourth-order valence-corrected chi connectivity index (χ4v) is 2.47. The zero-order valence-electron chi connectivity index (χ0n) is 12.6. The maximum Gasteiger partial charge on any atom is 0.231 e. The molecule has 3 aromatic rings. The minimum Gasteiger partial charge on any atom is -0.355 e. The molecule has 1 aliphatic rings. The molecule has 24 heavy (non-hydrogen) atoms. The number of nitrogens with one attached hydrogen (secondary N) is 1. The summed E-state index contributed by atoms with van der Waals surface area (Å²) in [7, 11) is 0. The molecule has 1 fully saturated rings. The lowest BCUT2D eigenvalue weighted by Crippen LogP contribution is -2.52. The van der Waals surface area contributed by atoms with E-state index in [2.05, 4.69) is 30.4 Å². The van der Waals surface area contributed by atoms with Crippen molar-refractivity contribution >= 4 is 17.4 Å². The van der Waals surface area contributed by atoms with E-state index in [9.17, 15) is 4.79 Å². The molecule has 9 heteroatoms. The average molecular weight is 322 g/mol. The van der Waals surface area contributed by atoms with Gasteiger partial charge >= 0.3 is 0 Å². The Labute approximate surface area is 137 Å². The summed E-state index contributed by atoms with van der Waals surface area (Å²) >= 11 is 0. The first kappa shape index (κ1) is 14.2. The van der Waals surface area contributed by atoms with Gasteiger partial charge in [0.25, 0.3) is 0 Å². The summed E-state index contributed by atoms with van der Waals surface area (Å²) in [6, 6.07) is 5.36. The number of hydrogen-bond donors (Lipinski definition) is 1. The van der Waals surface area contributed by atoms with E-state index in [1.807, 2.05) is 11.0 Å². The summed E-state index contributed by atoms with van der Waals surface area (Å²) in [5.74, 6) is 1.34. The van der Waals surface area contributed by atoms with Crippen molar-refractivity contribution in [2.45, 2.75) is 0 Å². The summed E-state index contributed by atoms with van der Waals surface area (Å²) < 4.78 is 1.57. The summed E-state index contributed by atoms with van der Waals surface area (Å²) in [5, 5.41) is 6.94. The third-order valence-electron chi connectivity index (χ3n) is 3.82. The molecule has 4 heterocycles. The van der Waals surface area contributed by atoms with Crippen molar-refractivity contribution in [2.24, 2.45) is 5.92 Å². The SMILES string of the molecule is O=C(Nc1ccncc1)C1CN(c2cc(-n3cncn3)ncn2)C1. The summed E-state index contributed by atoms with van der Waals surface area (Å²) in [4.78, 5) is 30.5. The molecule has 1 amide bonds. The van der Waals surface area contributed by atoms with Crippen LogP contribution in [0.3, 0.4) is 0 Å². The first-order valence-electron chi connectivity index (χ1n) is 7.42. The van der Waals surface area contributed by atoms with E-state index in [1.165, 1.54) is 12.7 Å². The Bertz CT molecular complexity index is 830. The molecule has 0 aromatic carbocycles. The topological polar surface area (TPSA) is 102 Å². The monoisotopic (exact) mass is 322 g/mol. The van der Waals surface area contributed by atoms with Crippen LogP contribution in [0.2, 0.25) is 0 Å². The number of nitrogens with zero attached hydrogens (tertiary/aromatic N) is 7. The van der Waals surface area contributed by atoms with Crippen LogP contribution in [0.25, 0.3) is 5.82 Å². The van der Waals surface area contributed by atoms with Gasteiger partial charge in [-0.3, -0.25) is 9.78 Å². The number of carbonyl (C=O) groups is 1. The van der Waals surface area contributed by atoms with E-state index in [4.69, 9.17) is 0 Å². The van der Waals surface area contributed by atoms with Crippen molar-refractivity contribution in [3.05, 3.63) is 49.6 Å². The van der Waals surface area contributed by atoms with Crippen molar-refractivity contribution in [2.75, 3.05) is 23.3 Å². The van der Waals surface area contributed by atoms with E-state index >= 15 is 0 Å². The van der Waals surface area contributed by atoms with Gasteiger partial charge in [0.2, 0.25) is 5.91 Å². The van der Waals surface area contributed by atoms with E-state index in [0.717, 1.165) is 11.5 Å². The lowest BCUT2D eigenvalue weighted by molar-refractivity contribution is -0.120. The predicted molar refractivity (Wildman–Crippen MR) is 85.5 cm³/mol. The minimum absolute atomic E-state index is 0.00278. The fourth-order valence-electron chi connectivity index (χ4n) is 2.47. The zero-order chi connectivity index (χ0) is 16.4. The van der Waals surface area contributed by atoms with Gasteiger partial charge in [-0.25, -0.2) is 19.6 Å². The van der Waals surface area contributed by atoms with Crippen LogP contribution in [0.15, 0.2) is 49.6 Å².